The summed E-state index contributed by atoms with van der Waals surface area (Å²) in [4.78, 5) is 37.3. The van der Waals surface area contributed by atoms with Crippen LogP contribution in [0.5, 0.6) is 0 Å². The molecule has 1 heterocycles. The van der Waals surface area contributed by atoms with Crippen molar-refractivity contribution in [2.24, 2.45) is 0 Å². The van der Waals surface area contributed by atoms with Crippen molar-refractivity contribution in [3.63, 3.8) is 0 Å². The first kappa shape index (κ1) is 23.5. The Balaban J connectivity index is -0.000000216. The van der Waals surface area contributed by atoms with Crippen molar-refractivity contribution in [2.75, 3.05) is 26.2 Å². The standard InChI is InChI=1S/C4H10N2.H4O7P2.2Zn/c1-2-6-4-3-5-1;1-8(2,3)7-9(4,5)6;;/h5-6H,1-4H2;(H2,1,2,3)(H2,4,5,6);;/q;;2*+2/p-4. The number of hydrogen-bond donors (Lipinski definition) is 2. The molecule has 92 valence electrons. The monoisotopic (exact) mass is 388 g/mol. The van der Waals surface area contributed by atoms with Crippen molar-refractivity contribution < 1.29 is 72.0 Å². The smallest absolute Gasteiger partial charge is 0.790 e. The minimum absolute atomic E-state index is 0. The maximum absolute atomic E-state index is 9.32. The predicted octanol–water partition coefficient (Wildman–Crippen LogP) is -4.17. The van der Waals surface area contributed by atoms with Gasteiger partial charge in [-0.25, -0.2) is 0 Å². The van der Waals surface area contributed by atoms with Gasteiger partial charge in [0.05, 0.1) is 15.6 Å². The van der Waals surface area contributed by atoms with Crippen molar-refractivity contribution in [1.82, 2.24) is 10.6 Å². The first-order valence-electron chi connectivity index (χ1n) is 3.87. The van der Waals surface area contributed by atoms with Gasteiger partial charge in [-0.15, -0.1) is 0 Å². The summed E-state index contributed by atoms with van der Waals surface area (Å²) < 4.78 is 21.2. The van der Waals surface area contributed by atoms with Crippen LogP contribution < -0.4 is 30.2 Å². The van der Waals surface area contributed by atoms with E-state index in [1.807, 2.05) is 0 Å². The second-order valence-corrected chi connectivity index (χ2v) is 4.92. The Morgan fingerprint density at radius 2 is 1.00 bits per heavy atom. The molecule has 1 aliphatic heterocycles. The van der Waals surface area contributed by atoms with Crippen LogP contribution in [0.15, 0.2) is 0 Å². The van der Waals surface area contributed by atoms with Crippen LogP contribution in [-0.2, 0) is 52.4 Å². The van der Waals surface area contributed by atoms with Crippen LogP contribution in [0.1, 0.15) is 0 Å². The average Bonchev–Trinajstić information content (AvgIpc) is 2.01. The van der Waals surface area contributed by atoms with Crippen molar-refractivity contribution in [3.8, 4) is 0 Å². The molecule has 13 heteroatoms. The van der Waals surface area contributed by atoms with E-state index in [4.69, 9.17) is 0 Å². The largest absolute Gasteiger partial charge is 2.00 e. The fourth-order valence-electron chi connectivity index (χ4n) is 0.726. The zero-order valence-corrected chi connectivity index (χ0v) is 16.7. The third kappa shape index (κ3) is 23.0. The summed E-state index contributed by atoms with van der Waals surface area (Å²) in [7, 11) is -11.4. The third-order valence-electron chi connectivity index (χ3n) is 1.16. The number of piperazine rings is 1. The van der Waals surface area contributed by atoms with Gasteiger partial charge in [0.1, 0.15) is 0 Å². The van der Waals surface area contributed by atoms with Crippen LogP contribution in [0.4, 0.5) is 0 Å². The number of rotatable bonds is 2. The van der Waals surface area contributed by atoms with E-state index in [0.29, 0.717) is 0 Å². The Kier molecular flexibility index (Phi) is 15.6. The van der Waals surface area contributed by atoms with Crippen molar-refractivity contribution in [2.45, 2.75) is 0 Å². The second-order valence-electron chi connectivity index (χ2n) is 2.48. The number of nitrogens with one attached hydrogen (secondary N) is 2. The summed E-state index contributed by atoms with van der Waals surface area (Å²) >= 11 is 0. The van der Waals surface area contributed by atoms with Crippen LogP contribution in [0.25, 0.3) is 0 Å². The molecular weight excluding hydrogens is 381 g/mol. The van der Waals surface area contributed by atoms with E-state index in [1.165, 1.54) is 0 Å². The molecule has 0 aromatic carbocycles. The van der Waals surface area contributed by atoms with Gasteiger partial charge in [0.15, 0.2) is 0 Å². The number of phosphoric acid groups is 2. The van der Waals surface area contributed by atoms with E-state index in [0.717, 1.165) is 26.2 Å². The molecule has 9 nitrogen and oxygen atoms in total. The minimum atomic E-state index is -5.68. The maximum Gasteiger partial charge on any atom is 2.00 e. The fraction of sp³-hybridized carbons (Fsp3) is 1.00. The Morgan fingerprint density at radius 3 is 1.06 bits per heavy atom. The molecule has 1 rings (SSSR count). The Labute approximate surface area is 124 Å². The van der Waals surface area contributed by atoms with Gasteiger partial charge in [-0.05, 0) is 0 Å². The molecular formula is C4H10N2O7P2Zn2. The van der Waals surface area contributed by atoms with E-state index >= 15 is 0 Å². The van der Waals surface area contributed by atoms with Gasteiger partial charge in [-0.2, -0.15) is 0 Å². The van der Waals surface area contributed by atoms with Crippen molar-refractivity contribution in [3.05, 3.63) is 0 Å². The Hall–Kier alpha value is 1.43. The van der Waals surface area contributed by atoms with E-state index in [1.54, 1.807) is 0 Å². The first-order chi connectivity index (χ1) is 6.71. The van der Waals surface area contributed by atoms with Crippen LogP contribution in [-0.4, -0.2) is 26.2 Å². The van der Waals surface area contributed by atoms with Crippen LogP contribution >= 0.6 is 15.6 Å². The maximum atomic E-state index is 9.32. The molecule has 0 aliphatic carbocycles. The average molecular weight is 391 g/mol. The van der Waals surface area contributed by atoms with Crippen LogP contribution in [0.3, 0.4) is 0 Å². The summed E-state index contributed by atoms with van der Waals surface area (Å²) in [6.45, 7) is 4.56. The molecule has 0 atom stereocenters. The first-order valence-corrected chi connectivity index (χ1v) is 6.80. The summed E-state index contributed by atoms with van der Waals surface area (Å²) in [6, 6.07) is 0. The zero-order chi connectivity index (χ0) is 11.9. The minimum Gasteiger partial charge on any atom is -0.790 e. The second kappa shape index (κ2) is 11.3. The molecule has 0 aromatic rings. The van der Waals surface area contributed by atoms with E-state index in [9.17, 15) is 28.7 Å². The molecule has 0 aromatic heterocycles. The van der Waals surface area contributed by atoms with Gasteiger partial charge in [0.2, 0.25) is 0 Å². The zero-order valence-electron chi connectivity index (χ0n) is 8.99. The van der Waals surface area contributed by atoms with Gasteiger partial charge in [-0.1, -0.05) is 0 Å². The van der Waals surface area contributed by atoms with E-state index in [-0.39, 0.29) is 39.0 Å². The molecule has 1 saturated heterocycles. The van der Waals surface area contributed by atoms with E-state index in [2.05, 4.69) is 14.9 Å². The topological polar surface area (TPSA) is 160 Å². The normalized spacial score (nSPS) is 15.8. The van der Waals surface area contributed by atoms with E-state index < -0.39 is 15.6 Å². The number of hydrogen-bond acceptors (Lipinski definition) is 9. The van der Waals surface area contributed by atoms with Gasteiger partial charge in [-0.3, -0.25) is 0 Å². The van der Waals surface area contributed by atoms with Gasteiger partial charge in [0, 0.05) is 26.2 Å². The summed E-state index contributed by atoms with van der Waals surface area (Å²) in [5, 5.41) is 6.44. The van der Waals surface area contributed by atoms with Crippen LogP contribution in [0, 0.1) is 0 Å². The molecule has 0 amide bonds. The molecule has 0 radical (unpaired) electrons. The van der Waals surface area contributed by atoms with Gasteiger partial charge < -0.3 is 43.6 Å². The molecule has 1 fully saturated rings. The van der Waals surface area contributed by atoms with Crippen molar-refractivity contribution >= 4 is 15.6 Å². The fourth-order valence-corrected chi connectivity index (χ4v) is 1.71. The van der Waals surface area contributed by atoms with Gasteiger partial charge in [0.25, 0.3) is 0 Å². The molecule has 0 saturated carbocycles. The SMILES string of the molecule is C1CNCCN1.O=P([O-])([O-])OP(=O)([O-])[O-].[Zn+2].[Zn+2]. The molecule has 17 heavy (non-hydrogen) atoms. The summed E-state index contributed by atoms with van der Waals surface area (Å²) in [5.74, 6) is 0. The van der Waals surface area contributed by atoms with Gasteiger partial charge >= 0.3 is 39.0 Å². The molecule has 2 N–H and O–H groups in total. The van der Waals surface area contributed by atoms with Crippen molar-refractivity contribution in [1.29, 1.82) is 0 Å². The molecule has 0 spiro atoms. The molecule has 0 bridgehead atoms. The van der Waals surface area contributed by atoms with Crippen LogP contribution in [0.2, 0.25) is 0 Å². The Bertz CT molecular complexity index is 233. The predicted molar refractivity (Wildman–Crippen MR) is 42.0 cm³/mol. The Morgan fingerprint density at radius 1 is 0.765 bits per heavy atom. The molecule has 0 unspecified atom stereocenters. The quantitative estimate of drug-likeness (QED) is 0.352. The third-order valence-corrected chi connectivity index (χ3v) is 2.76. The summed E-state index contributed by atoms with van der Waals surface area (Å²) in [5.41, 5.74) is 0. The summed E-state index contributed by atoms with van der Waals surface area (Å²) in [6.07, 6.45) is 0. The molecule has 1 aliphatic rings.